The van der Waals surface area contributed by atoms with E-state index in [0.717, 1.165) is 12.8 Å². The predicted octanol–water partition coefficient (Wildman–Crippen LogP) is 2.86. The number of aryl methyl sites for hydroxylation is 1. The van der Waals surface area contributed by atoms with Gasteiger partial charge in [-0.3, -0.25) is 9.59 Å². The van der Waals surface area contributed by atoms with E-state index >= 15 is 0 Å². The Morgan fingerprint density at radius 1 is 1.13 bits per heavy atom. The maximum absolute atomic E-state index is 12.6. The summed E-state index contributed by atoms with van der Waals surface area (Å²) in [5, 5.41) is 16.3. The van der Waals surface area contributed by atoms with Crippen molar-refractivity contribution in [3.63, 3.8) is 0 Å². The van der Waals surface area contributed by atoms with Gasteiger partial charge in [-0.25, -0.2) is 9.48 Å². The van der Waals surface area contributed by atoms with Crippen molar-refractivity contribution in [3.8, 4) is 6.07 Å². The number of hydrogen-bond donors (Lipinski definition) is 1. The molecule has 0 aliphatic rings. The van der Waals surface area contributed by atoms with E-state index in [1.165, 1.54) is 4.68 Å². The van der Waals surface area contributed by atoms with Gasteiger partial charge >= 0.3 is 5.97 Å². The van der Waals surface area contributed by atoms with Crippen LogP contribution in [0.2, 0.25) is 0 Å². The quantitative estimate of drug-likeness (QED) is 0.606. The fourth-order valence-corrected chi connectivity index (χ4v) is 2.87. The summed E-state index contributed by atoms with van der Waals surface area (Å²) in [5.74, 6) is -1.32. The summed E-state index contributed by atoms with van der Waals surface area (Å²) in [6, 6.07) is 15.0. The van der Waals surface area contributed by atoms with E-state index in [1.54, 1.807) is 48.5 Å². The molecule has 1 amide bonds. The number of fused-ring (bicyclic) bond motifs is 1. The van der Waals surface area contributed by atoms with Crippen molar-refractivity contribution >= 4 is 28.3 Å². The molecule has 0 saturated carbocycles. The van der Waals surface area contributed by atoms with Gasteiger partial charge in [0.15, 0.2) is 12.3 Å². The van der Waals surface area contributed by atoms with Crippen molar-refractivity contribution < 1.29 is 14.3 Å². The van der Waals surface area contributed by atoms with Crippen LogP contribution in [0.25, 0.3) is 10.8 Å². The monoisotopic (exact) mass is 404 g/mol. The molecule has 0 radical (unpaired) electrons. The molecule has 0 atom stereocenters. The molecule has 0 fully saturated rings. The van der Waals surface area contributed by atoms with Gasteiger partial charge in [-0.05, 0) is 36.8 Å². The Hall–Kier alpha value is -3.99. The normalized spacial score (nSPS) is 10.4. The van der Waals surface area contributed by atoms with Crippen LogP contribution in [-0.4, -0.2) is 28.3 Å². The van der Waals surface area contributed by atoms with Crippen LogP contribution in [0.5, 0.6) is 0 Å². The van der Waals surface area contributed by atoms with Crippen LogP contribution in [0.15, 0.2) is 53.3 Å². The van der Waals surface area contributed by atoms with Crippen molar-refractivity contribution in [3.05, 3.63) is 70.1 Å². The number of nitrogens with zero attached hydrogens (tertiary/aromatic N) is 3. The lowest BCUT2D eigenvalue weighted by atomic mass is 10.1. The molecule has 0 unspecified atom stereocenters. The molecule has 1 N–H and O–H groups in total. The first-order valence-corrected chi connectivity index (χ1v) is 9.50. The number of aromatic nitrogens is 2. The number of benzene rings is 2. The summed E-state index contributed by atoms with van der Waals surface area (Å²) >= 11 is 0. The summed E-state index contributed by atoms with van der Waals surface area (Å²) in [6.45, 7) is 1.87. The molecule has 8 nitrogen and oxygen atoms in total. The SMILES string of the molecule is CCCCn1nc(C(=O)OCC(=O)Nc2ccc(C#N)cc2)c2ccccc2c1=O. The van der Waals surface area contributed by atoms with Crippen molar-refractivity contribution in [2.24, 2.45) is 0 Å². The van der Waals surface area contributed by atoms with Crippen LogP contribution in [0, 0.1) is 11.3 Å². The van der Waals surface area contributed by atoms with E-state index < -0.39 is 18.5 Å². The second kappa shape index (κ2) is 9.47. The molecule has 0 bridgehead atoms. The highest BCUT2D eigenvalue weighted by Crippen LogP contribution is 2.15. The number of carbonyl (C=O) groups excluding carboxylic acids is 2. The van der Waals surface area contributed by atoms with Gasteiger partial charge < -0.3 is 10.1 Å². The Labute approximate surface area is 172 Å². The minimum Gasteiger partial charge on any atom is -0.451 e. The molecule has 8 heteroatoms. The molecule has 0 saturated heterocycles. The predicted molar refractivity (Wildman–Crippen MR) is 111 cm³/mol. The lowest BCUT2D eigenvalue weighted by molar-refractivity contribution is -0.119. The Balaban J connectivity index is 1.75. The standard InChI is InChI=1S/C22H20N4O4/c1-2-3-12-26-21(28)18-7-5-4-6-17(18)20(25-26)22(29)30-14-19(27)24-16-10-8-15(13-23)9-11-16/h4-11H,2-3,12,14H2,1H3,(H,24,27). The molecule has 0 aliphatic heterocycles. The number of carbonyl (C=O) groups is 2. The average molecular weight is 404 g/mol. The Kier molecular flexibility index (Phi) is 6.55. The first-order chi connectivity index (χ1) is 14.5. The van der Waals surface area contributed by atoms with Gasteiger partial charge in [0.25, 0.3) is 11.5 Å². The third-order valence-electron chi connectivity index (χ3n) is 4.42. The van der Waals surface area contributed by atoms with Crippen molar-refractivity contribution in [2.75, 3.05) is 11.9 Å². The highest BCUT2D eigenvalue weighted by Gasteiger charge is 2.19. The molecule has 2 aromatic carbocycles. The first kappa shape index (κ1) is 20.7. The van der Waals surface area contributed by atoms with Crippen molar-refractivity contribution in [2.45, 2.75) is 26.3 Å². The summed E-state index contributed by atoms with van der Waals surface area (Å²) in [6.07, 6.45) is 1.61. The molecule has 3 aromatic rings. The molecule has 3 rings (SSSR count). The first-order valence-electron chi connectivity index (χ1n) is 9.50. The van der Waals surface area contributed by atoms with Crippen molar-refractivity contribution in [1.82, 2.24) is 9.78 Å². The zero-order valence-electron chi connectivity index (χ0n) is 16.4. The van der Waals surface area contributed by atoms with Gasteiger partial charge in [-0.1, -0.05) is 31.5 Å². The van der Waals surface area contributed by atoms with E-state index in [-0.39, 0.29) is 11.3 Å². The van der Waals surface area contributed by atoms with Crippen LogP contribution in [0.3, 0.4) is 0 Å². The molecular weight excluding hydrogens is 384 g/mol. The van der Waals surface area contributed by atoms with Crippen molar-refractivity contribution in [1.29, 1.82) is 5.26 Å². The number of rotatable bonds is 7. The average Bonchev–Trinajstić information content (AvgIpc) is 2.77. The lowest BCUT2D eigenvalue weighted by Crippen LogP contribution is -2.27. The van der Waals surface area contributed by atoms with Gasteiger partial charge in [-0.2, -0.15) is 10.4 Å². The fraction of sp³-hybridized carbons (Fsp3) is 0.227. The van der Waals surface area contributed by atoms with Crippen LogP contribution >= 0.6 is 0 Å². The second-order valence-electron chi connectivity index (χ2n) is 6.59. The molecule has 0 spiro atoms. The minimum atomic E-state index is -0.786. The molecular formula is C22H20N4O4. The van der Waals surface area contributed by atoms with Crippen LogP contribution in [-0.2, 0) is 16.1 Å². The molecule has 30 heavy (non-hydrogen) atoms. The van der Waals surface area contributed by atoms with Gasteiger partial charge in [0, 0.05) is 17.6 Å². The summed E-state index contributed by atoms with van der Waals surface area (Å²) < 4.78 is 6.40. The summed E-state index contributed by atoms with van der Waals surface area (Å²) in [5.41, 5.74) is 0.670. The maximum atomic E-state index is 12.6. The lowest BCUT2D eigenvalue weighted by Gasteiger charge is -2.11. The maximum Gasteiger partial charge on any atom is 0.359 e. The van der Waals surface area contributed by atoms with Crippen LogP contribution in [0.4, 0.5) is 5.69 Å². The van der Waals surface area contributed by atoms with E-state index in [9.17, 15) is 14.4 Å². The smallest absolute Gasteiger partial charge is 0.359 e. The van der Waals surface area contributed by atoms with E-state index in [1.807, 2.05) is 13.0 Å². The Morgan fingerprint density at radius 2 is 1.83 bits per heavy atom. The molecule has 1 heterocycles. The second-order valence-corrected chi connectivity index (χ2v) is 6.59. The van der Waals surface area contributed by atoms with E-state index in [0.29, 0.717) is 28.6 Å². The molecule has 1 aromatic heterocycles. The number of nitrogens with one attached hydrogen (secondary N) is 1. The number of amides is 1. The molecule has 0 aliphatic carbocycles. The highest BCUT2D eigenvalue weighted by atomic mass is 16.5. The van der Waals surface area contributed by atoms with E-state index in [4.69, 9.17) is 10.00 Å². The zero-order chi connectivity index (χ0) is 21.5. The van der Waals surface area contributed by atoms with Gasteiger partial charge in [-0.15, -0.1) is 0 Å². The Bertz CT molecular complexity index is 1180. The minimum absolute atomic E-state index is 0.00697. The van der Waals surface area contributed by atoms with Gasteiger partial charge in [0.2, 0.25) is 0 Å². The van der Waals surface area contributed by atoms with Crippen LogP contribution < -0.4 is 10.9 Å². The number of unbranched alkanes of at least 4 members (excludes halogenated alkanes) is 1. The van der Waals surface area contributed by atoms with Gasteiger partial charge in [0.1, 0.15) is 0 Å². The third kappa shape index (κ3) is 4.70. The third-order valence-corrected chi connectivity index (χ3v) is 4.42. The number of anilines is 1. The fourth-order valence-electron chi connectivity index (χ4n) is 2.87. The molecule has 152 valence electrons. The summed E-state index contributed by atoms with van der Waals surface area (Å²) in [7, 11) is 0. The largest absolute Gasteiger partial charge is 0.451 e. The Morgan fingerprint density at radius 3 is 2.50 bits per heavy atom. The number of hydrogen-bond acceptors (Lipinski definition) is 6. The van der Waals surface area contributed by atoms with Gasteiger partial charge in [0.05, 0.1) is 17.0 Å². The summed E-state index contributed by atoms with van der Waals surface area (Å²) in [4.78, 5) is 37.3. The van der Waals surface area contributed by atoms with E-state index in [2.05, 4.69) is 10.4 Å². The number of ether oxygens (including phenoxy) is 1. The number of nitriles is 1. The number of esters is 1. The highest BCUT2D eigenvalue weighted by molar-refractivity contribution is 6.03. The topological polar surface area (TPSA) is 114 Å². The zero-order valence-corrected chi connectivity index (χ0v) is 16.4. The van der Waals surface area contributed by atoms with Crippen LogP contribution in [0.1, 0.15) is 35.8 Å².